The number of carbonyl (C=O) groups is 1. The summed E-state index contributed by atoms with van der Waals surface area (Å²) in [6.45, 7) is 0.0323. The molecule has 0 aliphatic heterocycles. The largest absolute Gasteiger partial charge is 0.460 e. The SMILES string of the molecule is N#Cc1c(COC(=O)CSc2nnc(-c3ccccc3)n2-c2ccccc2)cn2ccccc12. The predicted molar refractivity (Wildman–Crippen MR) is 129 cm³/mol. The number of pyridine rings is 1. The fourth-order valence-electron chi connectivity index (χ4n) is 3.69. The molecule has 0 unspecified atom stereocenters. The van der Waals surface area contributed by atoms with E-state index >= 15 is 0 Å². The van der Waals surface area contributed by atoms with Crippen LogP contribution in [-0.2, 0) is 16.1 Å². The Morgan fingerprint density at radius 2 is 1.71 bits per heavy atom. The van der Waals surface area contributed by atoms with E-state index in [9.17, 15) is 10.1 Å². The maximum absolute atomic E-state index is 12.5. The molecular formula is C26H19N5O2S. The number of esters is 1. The summed E-state index contributed by atoms with van der Waals surface area (Å²) in [6.07, 6.45) is 3.67. The quantitative estimate of drug-likeness (QED) is 0.251. The normalized spacial score (nSPS) is 10.8. The monoisotopic (exact) mass is 465 g/mol. The molecule has 166 valence electrons. The number of nitriles is 1. The molecule has 0 aliphatic carbocycles. The molecule has 0 bridgehead atoms. The summed E-state index contributed by atoms with van der Waals surface area (Å²) < 4.78 is 9.26. The third-order valence-corrected chi connectivity index (χ3v) is 6.16. The zero-order chi connectivity index (χ0) is 23.3. The molecular weight excluding hydrogens is 446 g/mol. The molecule has 7 nitrogen and oxygen atoms in total. The molecule has 5 rings (SSSR count). The Hall–Kier alpha value is -4.35. The summed E-state index contributed by atoms with van der Waals surface area (Å²) in [4.78, 5) is 12.5. The van der Waals surface area contributed by atoms with E-state index in [1.165, 1.54) is 11.8 Å². The van der Waals surface area contributed by atoms with Gasteiger partial charge in [-0.25, -0.2) is 0 Å². The van der Waals surface area contributed by atoms with E-state index in [1.54, 1.807) is 0 Å². The lowest BCUT2D eigenvalue weighted by Gasteiger charge is -2.10. The Kier molecular flexibility index (Phi) is 6.10. The van der Waals surface area contributed by atoms with Gasteiger partial charge in [0, 0.05) is 29.2 Å². The molecule has 2 aromatic carbocycles. The van der Waals surface area contributed by atoms with Crippen LogP contribution in [0.3, 0.4) is 0 Å². The fraction of sp³-hybridized carbons (Fsp3) is 0.0769. The van der Waals surface area contributed by atoms with E-state index in [-0.39, 0.29) is 12.4 Å². The van der Waals surface area contributed by atoms with Crippen molar-refractivity contribution in [2.24, 2.45) is 0 Å². The predicted octanol–water partition coefficient (Wildman–Crippen LogP) is 4.89. The van der Waals surface area contributed by atoms with E-state index in [0.29, 0.717) is 22.1 Å². The Labute approximate surface area is 200 Å². The van der Waals surface area contributed by atoms with Crippen LogP contribution in [0.25, 0.3) is 22.6 Å². The van der Waals surface area contributed by atoms with Crippen LogP contribution >= 0.6 is 11.8 Å². The molecule has 8 heteroatoms. The lowest BCUT2D eigenvalue weighted by atomic mass is 10.2. The Balaban J connectivity index is 1.32. The van der Waals surface area contributed by atoms with Crippen molar-refractivity contribution in [2.75, 3.05) is 5.75 Å². The first-order valence-corrected chi connectivity index (χ1v) is 11.6. The topological polar surface area (TPSA) is 85.2 Å². The number of hydrogen-bond acceptors (Lipinski definition) is 6. The second-order valence-corrected chi connectivity index (χ2v) is 8.37. The van der Waals surface area contributed by atoms with Crippen molar-refractivity contribution in [3.8, 4) is 23.1 Å². The van der Waals surface area contributed by atoms with Gasteiger partial charge in [-0.15, -0.1) is 10.2 Å². The van der Waals surface area contributed by atoms with E-state index in [1.807, 2.05) is 100 Å². The van der Waals surface area contributed by atoms with Gasteiger partial charge in [0.15, 0.2) is 11.0 Å². The maximum atomic E-state index is 12.5. The second-order valence-electron chi connectivity index (χ2n) is 7.43. The highest BCUT2D eigenvalue weighted by molar-refractivity contribution is 7.99. The number of fused-ring (bicyclic) bond motifs is 1. The minimum Gasteiger partial charge on any atom is -0.460 e. The van der Waals surface area contributed by atoms with Gasteiger partial charge in [0.1, 0.15) is 12.7 Å². The third-order valence-electron chi connectivity index (χ3n) is 5.26. The lowest BCUT2D eigenvalue weighted by molar-refractivity contribution is -0.141. The van der Waals surface area contributed by atoms with Crippen LogP contribution in [0.5, 0.6) is 0 Å². The number of nitrogens with zero attached hydrogens (tertiary/aromatic N) is 5. The molecule has 3 aromatic heterocycles. The molecule has 0 amide bonds. The Morgan fingerprint density at radius 3 is 2.47 bits per heavy atom. The van der Waals surface area contributed by atoms with Gasteiger partial charge in [0.25, 0.3) is 0 Å². The minimum atomic E-state index is -0.395. The van der Waals surface area contributed by atoms with Crippen molar-refractivity contribution >= 4 is 23.2 Å². The summed E-state index contributed by atoms with van der Waals surface area (Å²) in [5.74, 6) is 0.365. The van der Waals surface area contributed by atoms with Crippen LogP contribution in [0, 0.1) is 11.3 Å². The highest BCUT2D eigenvalue weighted by Crippen LogP contribution is 2.28. The summed E-state index contributed by atoms with van der Waals surface area (Å²) >= 11 is 1.26. The van der Waals surface area contributed by atoms with Crippen molar-refractivity contribution in [1.29, 1.82) is 5.26 Å². The summed E-state index contributed by atoms with van der Waals surface area (Å²) in [6, 6.07) is 27.4. The first-order chi connectivity index (χ1) is 16.7. The van der Waals surface area contributed by atoms with Crippen molar-refractivity contribution in [3.05, 3.63) is 102 Å². The van der Waals surface area contributed by atoms with Crippen LogP contribution in [0.2, 0.25) is 0 Å². The van der Waals surface area contributed by atoms with Gasteiger partial charge in [-0.05, 0) is 24.3 Å². The number of thioether (sulfide) groups is 1. The second kappa shape index (κ2) is 9.65. The average molecular weight is 466 g/mol. The summed E-state index contributed by atoms with van der Waals surface area (Å²) in [7, 11) is 0. The van der Waals surface area contributed by atoms with Gasteiger partial charge in [0.2, 0.25) is 0 Å². The minimum absolute atomic E-state index is 0.0323. The van der Waals surface area contributed by atoms with Gasteiger partial charge >= 0.3 is 5.97 Å². The molecule has 5 aromatic rings. The van der Waals surface area contributed by atoms with E-state index in [4.69, 9.17) is 4.74 Å². The van der Waals surface area contributed by atoms with Gasteiger partial charge in [-0.3, -0.25) is 9.36 Å². The van der Waals surface area contributed by atoms with Crippen molar-refractivity contribution in [3.63, 3.8) is 0 Å². The molecule has 0 radical (unpaired) electrons. The highest BCUT2D eigenvalue weighted by Gasteiger charge is 2.18. The maximum Gasteiger partial charge on any atom is 0.316 e. The van der Waals surface area contributed by atoms with Gasteiger partial charge < -0.3 is 9.14 Å². The van der Waals surface area contributed by atoms with Crippen LogP contribution in [-0.4, -0.2) is 30.9 Å². The summed E-state index contributed by atoms with van der Waals surface area (Å²) in [5.41, 5.74) is 3.80. The molecule has 0 atom stereocenters. The lowest BCUT2D eigenvalue weighted by Crippen LogP contribution is -2.08. The van der Waals surface area contributed by atoms with Crippen LogP contribution in [0.15, 0.2) is 96.4 Å². The van der Waals surface area contributed by atoms with Crippen LogP contribution in [0.1, 0.15) is 11.1 Å². The van der Waals surface area contributed by atoms with E-state index < -0.39 is 5.97 Å². The standard InChI is InChI=1S/C26H19N5O2S/c27-15-22-20(16-30-14-8-7-13-23(22)30)17-33-24(32)18-34-26-29-28-25(19-9-3-1-4-10-19)31(26)21-11-5-2-6-12-21/h1-14,16H,17-18H2. The number of ether oxygens (including phenoxy) is 1. The highest BCUT2D eigenvalue weighted by atomic mass is 32.2. The number of carbonyl (C=O) groups excluding carboxylic acids is 1. The molecule has 0 fully saturated rings. The fourth-order valence-corrected chi connectivity index (χ4v) is 4.44. The first-order valence-electron chi connectivity index (χ1n) is 10.6. The molecule has 0 aliphatic rings. The average Bonchev–Trinajstić information content (AvgIpc) is 3.48. The molecule has 0 N–H and O–H groups in total. The van der Waals surface area contributed by atoms with Crippen molar-refractivity contribution < 1.29 is 9.53 Å². The zero-order valence-corrected chi connectivity index (χ0v) is 18.9. The van der Waals surface area contributed by atoms with Crippen LogP contribution in [0.4, 0.5) is 0 Å². The molecule has 0 saturated carbocycles. The number of benzene rings is 2. The molecule has 0 saturated heterocycles. The van der Waals surface area contributed by atoms with E-state index in [2.05, 4.69) is 16.3 Å². The molecule has 34 heavy (non-hydrogen) atoms. The van der Waals surface area contributed by atoms with Crippen molar-refractivity contribution in [1.82, 2.24) is 19.2 Å². The van der Waals surface area contributed by atoms with Crippen LogP contribution < -0.4 is 0 Å². The van der Waals surface area contributed by atoms with E-state index in [0.717, 1.165) is 16.8 Å². The number of hydrogen-bond donors (Lipinski definition) is 0. The summed E-state index contributed by atoms with van der Waals surface area (Å²) in [5, 5.41) is 18.8. The Bertz CT molecular complexity index is 1490. The Morgan fingerprint density at radius 1 is 0.971 bits per heavy atom. The smallest absolute Gasteiger partial charge is 0.316 e. The van der Waals surface area contributed by atoms with Crippen molar-refractivity contribution in [2.45, 2.75) is 11.8 Å². The third kappa shape index (κ3) is 4.29. The number of aromatic nitrogens is 4. The van der Waals surface area contributed by atoms with Gasteiger partial charge in [-0.2, -0.15) is 5.26 Å². The molecule has 3 heterocycles. The number of para-hydroxylation sites is 1. The van der Waals surface area contributed by atoms with Gasteiger partial charge in [0.05, 0.1) is 16.8 Å². The first kappa shape index (κ1) is 21.5. The molecule has 0 spiro atoms. The van der Waals surface area contributed by atoms with Gasteiger partial charge in [-0.1, -0.05) is 66.4 Å². The number of rotatable bonds is 7. The zero-order valence-electron chi connectivity index (χ0n) is 18.0.